The third-order valence-corrected chi connectivity index (χ3v) is 5.82. The van der Waals surface area contributed by atoms with Crippen molar-refractivity contribution < 1.29 is 0 Å². The fraction of sp³-hybridized carbons (Fsp3) is 0.600. The molecule has 0 N–H and O–H groups in total. The lowest BCUT2D eigenvalue weighted by Gasteiger charge is -2.32. The Morgan fingerprint density at radius 2 is 1.80 bits per heavy atom. The monoisotopic (exact) mass is 338 g/mol. The molecule has 0 aliphatic heterocycles. The van der Waals surface area contributed by atoms with Crippen LogP contribution in [0.1, 0.15) is 79.6 Å². The van der Waals surface area contributed by atoms with Crippen LogP contribution in [0, 0.1) is 17.3 Å². The Hall–Kier alpha value is -1.30. The zero-order chi connectivity index (χ0) is 18.3. The number of rotatable bonds is 0. The minimum atomic E-state index is 0.286. The molecule has 2 bridgehead atoms. The minimum Gasteiger partial charge on any atom is -0.0836 e. The maximum absolute atomic E-state index is 2.54. The molecule has 4 aliphatic rings. The molecule has 0 heterocycles. The quantitative estimate of drug-likeness (QED) is 0.393. The third-order valence-electron chi connectivity index (χ3n) is 5.82. The molecule has 0 aromatic rings. The molecular formula is C25H38. The summed E-state index contributed by atoms with van der Waals surface area (Å²) >= 11 is 0. The molecule has 3 atom stereocenters. The fourth-order valence-corrected chi connectivity index (χ4v) is 4.62. The minimum absolute atomic E-state index is 0.286. The van der Waals surface area contributed by atoms with E-state index in [0.29, 0.717) is 5.92 Å². The van der Waals surface area contributed by atoms with Gasteiger partial charge in [-0.1, -0.05) is 82.7 Å². The van der Waals surface area contributed by atoms with Gasteiger partial charge in [0.05, 0.1) is 0 Å². The van der Waals surface area contributed by atoms with Crippen molar-refractivity contribution in [2.24, 2.45) is 17.3 Å². The van der Waals surface area contributed by atoms with Crippen molar-refractivity contribution in [3.05, 3.63) is 59.3 Å². The molecule has 0 heteroatoms. The van der Waals surface area contributed by atoms with E-state index >= 15 is 0 Å². The zero-order valence-corrected chi connectivity index (χ0v) is 17.1. The maximum atomic E-state index is 2.54. The first-order chi connectivity index (χ1) is 12.2. The van der Waals surface area contributed by atoms with Gasteiger partial charge in [0.25, 0.3) is 0 Å². The van der Waals surface area contributed by atoms with Crippen LogP contribution in [-0.4, -0.2) is 0 Å². The van der Waals surface area contributed by atoms with E-state index in [0.717, 1.165) is 12.3 Å². The van der Waals surface area contributed by atoms with Gasteiger partial charge in [0.15, 0.2) is 0 Å². The molecule has 138 valence electrons. The van der Waals surface area contributed by atoms with E-state index in [1.54, 1.807) is 16.7 Å². The van der Waals surface area contributed by atoms with Crippen LogP contribution in [0.5, 0.6) is 0 Å². The molecule has 0 saturated carbocycles. The van der Waals surface area contributed by atoms with Crippen LogP contribution >= 0.6 is 0 Å². The van der Waals surface area contributed by atoms with Crippen molar-refractivity contribution in [3.8, 4) is 0 Å². The standard InChI is InChI=1S/C21H26.2C2H6/c1-21-13-4-6-18-10-9-17-5-2-3-7-19(17)20(18)11-8-16(15-21)12-14-21;2*1-2/h4,7-8,11-14,16-17H,2-3,5-6,9-10,15H2,1H3;2*1-2H3/b11-8-,13-4-;;. The van der Waals surface area contributed by atoms with Crippen LogP contribution in [0.15, 0.2) is 59.3 Å². The normalized spacial score (nSPS) is 35.0. The van der Waals surface area contributed by atoms with E-state index in [1.165, 1.54) is 38.5 Å². The van der Waals surface area contributed by atoms with Gasteiger partial charge in [-0.3, -0.25) is 0 Å². The van der Waals surface area contributed by atoms with E-state index in [4.69, 9.17) is 0 Å². The van der Waals surface area contributed by atoms with E-state index in [-0.39, 0.29) is 5.41 Å². The second-order valence-electron chi connectivity index (χ2n) is 7.54. The highest BCUT2D eigenvalue weighted by molar-refractivity contribution is 5.49. The summed E-state index contributed by atoms with van der Waals surface area (Å²) < 4.78 is 0. The zero-order valence-electron chi connectivity index (χ0n) is 17.1. The Kier molecular flexibility index (Phi) is 7.54. The van der Waals surface area contributed by atoms with Crippen LogP contribution in [0.25, 0.3) is 0 Å². The summed E-state index contributed by atoms with van der Waals surface area (Å²) in [5, 5.41) is 0. The van der Waals surface area contributed by atoms with Crippen molar-refractivity contribution >= 4 is 0 Å². The smallest absolute Gasteiger partial charge is 0.00416 e. The Labute approximate surface area is 156 Å². The largest absolute Gasteiger partial charge is 0.0836 e. The first-order valence-electron chi connectivity index (χ1n) is 10.7. The second kappa shape index (κ2) is 9.41. The Balaban J connectivity index is 0.000000528. The Morgan fingerprint density at radius 1 is 1.00 bits per heavy atom. The van der Waals surface area contributed by atoms with Gasteiger partial charge in [0.1, 0.15) is 0 Å². The summed E-state index contributed by atoms with van der Waals surface area (Å²) in [6.07, 6.45) is 26.3. The first-order valence-corrected chi connectivity index (χ1v) is 10.7. The molecule has 0 amide bonds. The van der Waals surface area contributed by atoms with Crippen molar-refractivity contribution in [2.75, 3.05) is 0 Å². The number of hydrogen-bond donors (Lipinski definition) is 0. The van der Waals surface area contributed by atoms with Crippen molar-refractivity contribution in [1.82, 2.24) is 0 Å². The molecule has 25 heavy (non-hydrogen) atoms. The lowest BCUT2D eigenvalue weighted by molar-refractivity contribution is 0.464. The number of allylic oxidation sites excluding steroid dienone is 10. The highest BCUT2D eigenvalue weighted by atomic mass is 14.3. The van der Waals surface area contributed by atoms with Crippen LogP contribution in [-0.2, 0) is 0 Å². The van der Waals surface area contributed by atoms with Gasteiger partial charge in [0.2, 0.25) is 0 Å². The molecule has 0 radical (unpaired) electrons. The van der Waals surface area contributed by atoms with Gasteiger partial charge >= 0.3 is 0 Å². The predicted molar refractivity (Wildman–Crippen MR) is 113 cm³/mol. The summed E-state index contributed by atoms with van der Waals surface area (Å²) in [5.41, 5.74) is 5.24. The summed E-state index contributed by atoms with van der Waals surface area (Å²) in [7, 11) is 0. The molecule has 0 nitrogen and oxygen atoms in total. The van der Waals surface area contributed by atoms with E-state index in [9.17, 15) is 0 Å². The van der Waals surface area contributed by atoms with E-state index in [1.807, 2.05) is 27.7 Å². The molecule has 0 fully saturated rings. The average Bonchev–Trinajstić information content (AvgIpc) is 3.04. The van der Waals surface area contributed by atoms with Crippen molar-refractivity contribution in [2.45, 2.75) is 79.6 Å². The average molecular weight is 339 g/mol. The molecular weight excluding hydrogens is 300 g/mol. The molecule has 0 aromatic carbocycles. The first kappa shape index (κ1) is 20.0. The Morgan fingerprint density at radius 3 is 2.60 bits per heavy atom. The van der Waals surface area contributed by atoms with Crippen molar-refractivity contribution in [1.29, 1.82) is 0 Å². The van der Waals surface area contributed by atoms with Crippen LogP contribution in [0.3, 0.4) is 0 Å². The molecule has 3 unspecified atom stereocenters. The Bertz CT molecular complexity index is 581. The van der Waals surface area contributed by atoms with Gasteiger partial charge in [-0.25, -0.2) is 0 Å². The molecule has 0 spiro atoms. The van der Waals surface area contributed by atoms with Crippen LogP contribution in [0.2, 0.25) is 0 Å². The summed E-state index contributed by atoms with van der Waals surface area (Å²) in [4.78, 5) is 0. The number of fused-ring (bicyclic) bond motifs is 4. The lowest BCUT2D eigenvalue weighted by Crippen LogP contribution is -2.17. The van der Waals surface area contributed by atoms with Gasteiger partial charge in [-0.05, 0) is 67.9 Å². The van der Waals surface area contributed by atoms with Gasteiger partial charge in [-0.2, -0.15) is 0 Å². The van der Waals surface area contributed by atoms with Gasteiger partial charge < -0.3 is 0 Å². The van der Waals surface area contributed by atoms with Gasteiger partial charge in [0, 0.05) is 5.41 Å². The summed E-state index contributed by atoms with van der Waals surface area (Å²) in [6.45, 7) is 10.4. The van der Waals surface area contributed by atoms with E-state index < -0.39 is 0 Å². The topological polar surface area (TPSA) is 0 Å². The summed E-state index contributed by atoms with van der Waals surface area (Å²) in [6, 6.07) is 0. The molecule has 4 aliphatic carbocycles. The number of hydrogen-bond acceptors (Lipinski definition) is 0. The fourth-order valence-electron chi connectivity index (χ4n) is 4.62. The SMILES string of the molecule is CC.CC.CC12C=CC(/C=C\C3=C(C/C=C\1)CCC1CCCC=C31)C2. The lowest BCUT2D eigenvalue weighted by atomic mass is 9.73. The van der Waals surface area contributed by atoms with E-state index in [2.05, 4.69) is 49.5 Å². The van der Waals surface area contributed by atoms with Crippen LogP contribution < -0.4 is 0 Å². The highest BCUT2D eigenvalue weighted by Gasteiger charge is 2.29. The molecule has 0 aromatic heterocycles. The maximum Gasteiger partial charge on any atom is 0.00416 e. The van der Waals surface area contributed by atoms with Crippen molar-refractivity contribution in [3.63, 3.8) is 0 Å². The van der Waals surface area contributed by atoms with Crippen LogP contribution in [0.4, 0.5) is 0 Å². The second-order valence-corrected chi connectivity index (χ2v) is 7.54. The third kappa shape index (κ3) is 4.66. The molecule has 4 rings (SSSR count). The highest BCUT2D eigenvalue weighted by Crippen LogP contribution is 2.44. The molecule has 0 saturated heterocycles. The predicted octanol–water partition coefficient (Wildman–Crippen LogP) is 7.95. The van der Waals surface area contributed by atoms with Gasteiger partial charge in [-0.15, -0.1) is 0 Å². The summed E-state index contributed by atoms with van der Waals surface area (Å²) in [5.74, 6) is 1.47.